The van der Waals surface area contributed by atoms with Crippen LogP contribution in [0.15, 0.2) is 24.3 Å². The van der Waals surface area contributed by atoms with Gasteiger partial charge in [-0.1, -0.05) is 37.6 Å². The molecule has 1 amide bonds. The molecule has 3 N–H and O–H groups in total. The molecule has 0 aromatic heterocycles. The molecule has 0 fully saturated rings. The number of halogens is 2. The van der Waals surface area contributed by atoms with Crippen LogP contribution in [0.2, 0.25) is 5.02 Å². The Morgan fingerprint density at radius 1 is 1.41 bits per heavy atom. The fraction of sp³-hybridized carbons (Fsp3) is 0.562. The van der Waals surface area contributed by atoms with Gasteiger partial charge in [0.25, 0.3) is 0 Å². The summed E-state index contributed by atoms with van der Waals surface area (Å²) in [6.45, 7) is 4.72. The fourth-order valence-electron chi connectivity index (χ4n) is 2.37. The van der Waals surface area contributed by atoms with E-state index in [-0.39, 0.29) is 24.4 Å². The second-order valence-electron chi connectivity index (χ2n) is 5.18. The van der Waals surface area contributed by atoms with E-state index < -0.39 is 5.41 Å². The van der Waals surface area contributed by atoms with Crippen molar-refractivity contribution < 1.29 is 9.53 Å². The number of ether oxygens (including phenoxy) is 1. The number of amides is 1. The molecule has 0 spiro atoms. The van der Waals surface area contributed by atoms with Crippen LogP contribution in [0.3, 0.4) is 0 Å². The minimum Gasteiger partial charge on any atom is -0.375 e. The Kier molecular flexibility index (Phi) is 9.69. The van der Waals surface area contributed by atoms with Crippen molar-refractivity contribution in [3.63, 3.8) is 0 Å². The third kappa shape index (κ3) is 5.13. The molecule has 0 aliphatic carbocycles. The Morgan fingerprint density at radius 2 is 2.05 bits per heavy atom. The summed E-state index contributed by atoms with van der Waals surface area (Å²) in [5.41, 5.74) is 6.24. The molecule has 0 aliphatic rings. The molecule has 4 nitrogen and oxygen atoms in total. The molecule has 0 saturated heterocycles. The molecule has 0 bridgehead atoms. The summed E-state index contributed by atoms with van der Waals surface area (Å²) in [5, 5.41) is 3.61. The lowest BCUT2D eigenvalue weighted by atomic mass is 9.81. The predicted molar refractivity (Wildman–Crippen MR) is 93.5 cm³/mol. The lowest BCUT2D eigenvalue weighted by molar-refractivity contribution is -0.131. The highest BCUT2D eigenvalue weighted by Crippen LogP contribution is 2.26. The Labute approximate surface area is 144 Å². The van der Waals surface area contributed by atoms with Crippen LogP contribution in [0.25, 0.3) is 0 Å². The zero-order chi connectivity index (χ0) is 15.9. The molecule has 0 heterocycles. The van der Waals surface area contributed by atoms with Crippen molar-refractivity contribution >= 4 is 29.9 Å². The van der Waals surface area contributed by atoms with Crippen molar-refractivity contribution in [1.29, 1.82) is 0 Å². The standard InChI is InChI=1S/C16H25ClN2O2.ClH/c1-4-16(5-2,11-18)15(20)19-10-14(21-3)12-7-6-8-13(17)9-12;/h6-9,14H,4-5,10-11,18H2,1-3H3,(H,19,20);1H. The summed E-state index contributed by atoms with van der Waals surface area (Å²) in [5.74, 6) is -0.0147. The molecule has 1 rings (SSSR count). The first-order valence-corrected chi connectivity index (χ1v) is 7.67. The van der Waals surface area contributed by atoms with Gasteiger partial charge in [-0.3, -0.25) is 4.79 Å². The molecule has 1 aromatic carbocycles. The van der Waals surface area contributed by atoms with Crippen LogP contribution < -0.4 is 11.1 Å². The number of carbonyl (C=O) groups excluding carboxylic acids is 1. The molecule has 126 valence electrons. The normalized spacial score (nSPS) is 12.4. The summed E-state index contributed by atoms with van der Waals surface area (Å²) >= 11 is 5.99. The van der Waals surface area contributed by atoms with E-state index in [2.05, 4.69) is 5.32 Å². The van der Waals surface area contributed by atoms with Gasteiger partial charge in [0, 0.05) is 25.2 Å². The van der Waals surface area contributed by atoms with Gasteiger partial charge >= 0.3 is 0 Å². The summed E-state index contributed by atoms with van der Waals surface area (Å²) in [7, 11) is 1.62. The first kappa shape index (κ1) is 21.2. The summed E-state index contributed by atoms with van der Waals surface area (Å²) in [4.78, 5) is 12.4. The third-order valence-corrected chi connectivity index (χ3v) is 4.41. The molecule has 0 radical (unpaired) electrons. The second-order valence-corrected chi connectivity index (χ2v) is 5.62. The van der Waals surface area contributed by atoms with E-state index in [4.69, 9.17) is 22.1 Å². The lowest BCUT2D eigenvalue weighted by Gasteiger charge is -2.29. The average molecular weight is 349 g/mol. The fourth-order valence-corrected chi connectivity index (χ4v) is 2.57. The van der Waals surface area contributed by atoms with Crippen molar-refractivity contribution in [3.05, 3.63) is 34.9 Å². The van der Waals surface area contributed by atoms with Crippen LogP contribution in [0.4, 0.5) is 0 Å². The minimum absolute atomic E-state index is 0. The monoisotopic (exact) mass is 348 g/mol. The summed E-state index contributed by atoms with van der Waals surface area (Å²) in [6, 6.07) is 7.46. The maximum atomic E-state index is 12.4. The van der Waals surface area contributed by atoms with Gasteiger partial charge in [-0.15, -0.1) is 12.4 Å². The van der Waals surface area contributed by atoms with E-state index in [0.717, 1.165) is 18.4 Å². The van der Waals surface area contributed by atoms with Gasteiger partial charge in [-0.2, -0.15) is 0 Å². The van der Waals surface area contributed by atoms with Crippen LogP contribution in [0, 0.1) is 5.41 Å². The van der Waals surface area contributed by atoms with E-state index in [1.165, 1.54) is 0 Å². The predicted octanol–water partition coefficient (Wildman–Crippen LogP) is 3.33. The average Bonchev–Trinajstić information content (AvgIpc) is 2.50. The highest BCUT2D eigenvalue weighted by Gasteiger charge is 2.33. The summed E-state index contributed by atoms with van der Waals surface area (Å²) in [6.07, 6.45) is 1.22. The van der Waals surface area contributed by atoms with Gasteiger partial charge in [0.15, 0.2) is 0 Å². The van der Waals surface area contributed by atoms with Gasteiger partial charge in [-0.05, 0) is 30.5 Å². The van der Waals surface area contributed by atoms with E-state index in [9.17, 15) is 4.79 Å². The molecule has 0 saturated carbocycles. The SMILES string of the molecule is CCC(CC)(CN)C(=O)NCC(OC)c1cccc(Cl)c1.Cl. The summed E-state index contributed by atoms with van der Waals surface area (Å²) < 4.78 is 5.45. The van der Waals surface area contributed by atoms with E-state index >= 15 is 0 Å². The maximum absolute atomic E-state index is 12.4. The van der Waals surface area contributed by atoms with E-state index in [0.29, 0.717) is 18.1 Å². The second kappa shape index (κ2) is 10.1. The largest absolute Gasteiger partial charge is 0.375 e. The van der Waals surface area contributed by atoms with Gasteiger partial charge in [0.05, 0.1) is 11.5 Å². The van der Waals surface area contributed by atoms with Crippen molar-refractivity contribution in [2.45, 2.75) is 32.8 Å². The minimum atomic E-state index is -0.493. The number of methoxy groups -OCH3 is 1. The lowest BCUT2D eigenvalue weighted by Crippen LogP contribution is -2.46. The number of benzene rings is 1. The topological polar surface area (TPSA) is 64.4 Å². The third-order valence-electron chi connectivity index (χ3n) is 4.18. The highest BCUT2D eigenvalue weighted by molar-refractivity contribution is 6.30. The van der Waals surface area contributed by atoms with Gasteiger partial charge < -0.3 is 15.8 Å². The molecule has 22 heavy (non-hydrogen) atoms. The zero-order valence-electron chi connectivity index (χ0n) is 13.4. The molecule has 0 aliphatic heterocycles. The van der Waals surface area contributed by atoms with Crippen LogP contribution in [-0.2, 0) is 9.53 Å². The Bertz CT molecular complexity index is 457. The first-order valence-electron chi connectivity index (χ1n) is 7.29. The van der Waals surface area contributed by atoms with Gasteiger partial charge in [-0.25, -0.2) is 0 Å². The van der Waals surface area contributed by atoms with Crippen molar-refractivity contribution in [2.75, 3.05) is 20.2 Å². The smallest absolute Gasteiger partial charge is 0.227 e. The Balaban J connectivity index is 0.00000441. The number of nitrogens with two attached hydrogens (primary N) is 1. The van der Waals surface area contributed by atoms with Crippen molar-refractivity contribution in [2.24, 2.45) is 11.1 Å². The molecule has 1 aromatic rings. The molecule has 6 heteroatoms. The highest BCUT2D eigenvalue weighted by atomic mass is 35.5. The van der Waals surface area contributed by atoms with E-state index in [1.54, 1.807) is 7.11 Å². The molecular weight excluding hydrogens is 323 g/mol. The molecular formula is C16H26Cl2N2O2. The number of carbonyl (C=O) groups is 1. The van der Waals surface area contributed by atoms with E-state index in [1.807, 2.05) is 38.1 Å². The zero-order valence-corrected chi connectivity index (χ0v) is 15.0. The number of hydrogen-bond donors (Lipinski definition) is 2. The Morgan fingerprint density at radius 3 is 2.50 bits per heavy atom. The maximum Gasteiger partial charge on any atom is 0.227 e. The van der Waals surface area contributed by atoms with Gasteiger partial charge in [0.1, 0.15) is 0 Å². The van der Waals surface area contributed by atoms with Crippen LogP contribution in [0.5, 0.6) is 0 Å². The Hall–Kier alpha value is -0.810. The van der Waals surface area contributed by atoms with Gasteiger partial charge in [0.2, 0.25) is 5.91 Å². The number of rotatable bonds is 8. The van der Waals surface area contributed by atoms with Crippen molar-refractivity contribution in [3.8, 4) is 0 Å². The number of hydrogen-bond acceptors (Lipinski definition) is 3. The van der Waals surface area contributed by atoms with Crippen LogP contribution >= 0.6 is 24.0 Å². The number of nitrogens with one attached hydrogen (secondary N) is 1. The molecule has 1 unspecified atom stereocenters. The van der Waals surface area contributed by atoms with Crippen molar-refractivity contribution in [1.82, 2.24) is 5.32 Å². The first-order chi connectivity index (χ1) is 10.0. The quantitative estimate of drug-likeness (QED) is 0.757. The molecule has 1 atom stereocenters. The van der Waals surface area contributed by atoms with Crippen LogP contribution in [-0.4, -0.2) is 26.1 Å². The van der Waals surface area contributed by atoms with Crippen LogP contribution in [0.1, 0.15) is 38.4 Å².